The molecule has 2 rings (SSSR count). The van der Waals surface area contributed by atoms with E-state index < -0.39 is 0 Å². The first-order valence-corrected chi connectivity index (χ1v) is 6.22. The van der Waals surface area contributed by atoms with Gasteiger partial charge in [-0.2, -0.15) is 0 Å². The third-order valence-electron chi connectivity index (χ3n) is 2.30. The summed E-state index contributed by atoms with van der Waals surface area (Å²) in [6.07, 6.45) is 3.26. The van der Waals surface area contributed by atoms with Crippen LogP contribution in [0.5, 0.6) is 0 Å². The van der Waals surface area contributed by atoms with Gasteiger partial charge in [-0.05, 0) is 29.8 Å². The van der Waals surface area contributed by atoms with Crippen LogP contribution in [0, 0.1) is 0 Å². The van der Waals surface area contributed by atoms with Gasteiger partial charge in [-0.3, -0.25) is 4.98 Å². The molecule has 0 spiro atoms. The van der Waals surface area contributed by atoms with Crippen molar-refractivity contribution in [1.29, 1.82) is 0 Å². The van der Waals surface area contributed by atoms with Crippen LogP contribution in [0.1, 0.15) is 5.56 Å². The summed E-state index contributed by atoms with van der Waals surface area (Å²) in [7, 11) is 0. The Kier molecular flexibility index (Phi) is 4.30. The number of carbonyl (C=O) groups excluding carboxylic acids is 1. The molecule has 0 bridgehead atoms. The zero-order chi connectivity index (χ0) is 12.8. The Balaban J connectivity index is 1.83. The number of hydrogen-bond donors (Lipinski definition) is 2. The third-order valence-corrected chi connectivity index (χ3v) is 2.83. The molecule has 92 valence electrons. The molecule has 0 unspecified atom stereocenters. The predicted octanol–water partition coefficient (Wildman–Crippen LogP) is 3.17. The maximum Gasteiger partial charge on any atom is 0.319 e. The van der Waals surface area contributed by atoms with E-state index in [9.17, 15) is 4.79 Å². The zero-order valence-corrected chi connectivity index (χ0v) is 11.1. The monoisotopic (exact) mass is 305 g/mol. The standard InChI is InChI=1S/C13H12BrN3O/c14-11-3-1-10(2-4-11)9-16-13(18)17-12-5-7-15-8-6-12/h1-8H,9H2,(H2,15,16,17,18). The Bertz CT molecular complexity index is 514. The number of amides is 2. The molecule has 2 amide bonds. The molecule has 2 aromatic rings. The fourth-order valence-electron chi connectivity index (χ4n) is 1.40. The van der Waals surface area contributed by atoms with Crippen molar-refractivity contribution in [3.63, 3.8) is 0 Å². The molecule has 1 aromatic carbocycles. The van der Waals surface area contributed by atoms with Crippen molar-refractivity contribution in [3.8, 4) is 0 Å². The van der Waals surface area contributed by atoms with Crippen molar-refractivity contribution < 1.29 is 4.79 Å². The highest BCUT2D eigenvalue weighted by Gasteiger charge is 2.01. The van der Waals surface area contributed by atoms with Gasteiger partial charge in [0.2, 0.25) is 0 Å². The van der Waals surface area contributed by atoms with Crippen LogP contribution in [0.3, 0.4) is 0 Å². The third kappa shape index (κ3) is 3.85. The quantitative estimate of drug-likeness (QED) is 0.915. The molecule has 0 saturated carbocycles. The number of aromatic nitrogens is 1. The van der Waals surface area contributed by atoms with E-state index in [-0.39, 0.29) is 6.03 Å². The first-order chi connectivity index (χ1) is 8.74. The molecule has 18 heavy (non-hydrogen) atoms. The predicted molar refractivity (Wildman–Crippen MR) is 74.2 cm³/mol. The Hall–Kier alpha value is -1.88. The molecule has 0 radical (unpaired) electrons. The van der Waals surface area contributed by atoms with Gasteiger partial charge in [0.15, 0.2) is 0 Å². The number of nitrogens with one attached hydrogen (secondary N) is 2. The number of halogens is 1. The summed E-state index contributed by atoms with van der Waals surface area (Å²) in [6, 6.07) is 11.0. The highest BCUT2D eigenvalue weighted by Crippen LogP contribution is 2.10. The summed E-state index contributed by atoms with van der Waals surface area (Å²) < 4.78 is 1.02. The van der Waals surface area contributed by atoms with E-state index in [1.54, 1.807) is 24.5 Å². The van der Waals surface area contributed by atoms with Crippen molar-refractivity contribution >= 4 is 27.6 Å². The summed E-state index contributed by atoms with van der Waals surface area (Å²) >= 11 is 3.36. The van der Waals surface area contributed by atoms with Crippen LogP contribution >= 0.6 is 15.9 Å². The first kappa shape index (κ1) is 12.6. The zero-order valence-electron chi connectivity index (χ0n) is 9.56. The largest absolute Gasteiger partial charge is 0.334 e. The summed E-state index contributed by atoms with van der Waals surface area (Å²) in [5, 5.41) is 5.51. The van der Waals surface area contributed by atoms with Crippen LogP contribution in [-0.2, 0) is 6.54 Å². The molecule has 2 N–H and O–H groups in total. The van der Waals surface area contributed by atoms with Crippen LogP contribution in [0.4, 0.5) is 10.5 Å². The average Bonchev–Trinajstić information content (AvgIpc) is 2.39. The van der Waals surface area contributed by atoms with Crippen LogP contribution in [-0.4, -0.2) is 11.0 Å². The maximum absolute atomic E-state index is 11.6. The van der Waals surface area contributed by atoms with Gasteiger partial charge in [-0.1, -0.05) is 28.1 Å². The van der Waals surface area contributed by atoms with Gasteiger partial charge in [0.05, 0.1) is 0 Å². The smallest absolute Gasteiger partial charge is 0.319 e. The molecule has 0 aliphatic carbocycles. The van der Waals surface area contributed by atoms with Gasteiger partial charge >= 0.3 is 6.03 Å². The molecule has 0 atom stereocenters. The Morgan fingerprint density at radius 3 is 2.44 bits per heavy atom. The number of nitrogens with zero attached hydrogens (tertiary/aromatic N) is 1. The van der Waals surface area contributed by atoms with Crippen molar-refractivity contribution in [3.05, 3.63) is 58.8 Å². The van der Waals surface area contributed by atoms with E-state index >= 15 is 0 Å². The Morgan fingerprint density at radius 1 is 1.11 bits per heavy atom. The lowest BCUT2D eigenvalue weighted by molar-refractivity contribution is 0.251. The van der Waals surface area contributed by atoms with Crippen LogP contribution in [0.25, 0.3) is 0 Å². The molecule has 0 saturated heterocycles. The van der Waals surface area contributed by atoms with Gasteiger partial charge < -0.3 is 10.6 Å². The molecule has 1 heterocycles. The van der Waals surface area contributed by atoms with E-state index in [2.05, 4.69) is 31.5 Å². The minimum atomic E-state index is -0.232. The molecule has 1 aromatic heterocycles. The van der Waals surface area contributed by atoms with Gasteiger partial charge in [-0.15, -0.1) is 0 Å². The van der Waals surface area contributed by atoms with Gasteiger partial charge in [0.1, 0.15) is 0 Å². The second-order valence-electron chi connectivity index (χ2n) is 3.67. The molecule has 0 fully saturated rings. The normalized spacial score (nSPS) is 9.83. The van der Waals surface area contributed by atoms with Crippen molar-refractivity contribution in [2.75, 3.05) is 5.32 Å². The number of benzene rings is 1. The fourth-order valence-corrected chi connectivity index (χ4v) is 1.66. The summed E-state index contributed by atoms with van der Waals surface area (Å²) in [6.45, 7) is 0.490. The highest BCUT2D eigenvalue weighted by molar-refractivity contribution is 9.10. The Labute approximate surface area is 114 Å². The fraction of sp³-hybridized carbons (Fsp3) is 0.0769. The highest BCUT2D eigenvalue weighted by atomic mass is 79.9. The SMILES string of the molecule is O=C(NCc1ccc(Br)cc1)Nc1ccncc1. The van der Waals surface area contributed by atoms with E-state index in [1.807, 2.05) is 24.3 Å². The van der Waals surface area contributed by atoms with Crippen LogP contribution in [0.2, 0.25) is 0 Å². The molecular weight excluding hydrogens is 294 g/mol. The van der Waals surface area contributed by atoms with E-state index in [4.69, 9.17) is 0 Å². The maximum atomic E-state index is 11.6. The Morgan fingerprint density at radius 2 is 1.78 bits per heavy atom. The molecular formula is C13H12BrN3O. The number of rotatable bonds is 3. The lowest BCUT2D eigenvalue weighted by atomic mass is 10.2. The minimum absolute atomic E-state index is 0.232. The lowest BCUT2D eigenvalue weighted by Crippen LogP contribution is -2.28. The molecule has 5 heteroatoms. The summed E-state index contributed by atoms with van der Waals surface area (Å²) in [4.78, 5) is 15.5. The minimum Gasteiger partial charge on any atom is -0.334 e. The molecule has 0 aliphatic heterocycles. The number of anilines is 1. The second kappa shape index (κ2) is 6.16. The van der Waals surface area contributed by atoms with Crippen molar-refractivity contribution in [1.82, 2.24) is 10.3 Å². The van der Waals surface area contributed by atoms with Crippen molar-refractivity contribution in [2.45, 2.75) is 6.54 Å². The molecule has 4 nitrogen and oxygen atoms in total. The van der Waals surface area contributed by atoms with E-state index in [1.165, 1.54) is 0 Å². The number of urea groups is 1. The molecule has 0 aliphatic rings. The van der Waals surface area contributed by atoms with Crippen molar-refractivity contribution in [2.24, 2.45) is 0 Å². The van der Waals surface area contributed by atoms with Gasteiger partial charge in [-0.25, -0.2) is 4.79 Å². The number of carbonyl (C=O) groups is 1. The lowest BCUT2D eigenvalue weighted by Gasteiger charge is -2.07. The number of pyridine rings is 1. The van der Waals surface area contributed by atoms with E-state index in [0.29, 0.717) is 6.54 Å². The number of hydrogen-bond acceptors (Lipinski definition) is 2. The van der Waals surface area contributed by atoms with E-state index in [0.717, 1.165) is 15.7 Å². The second-order valence-corrected chi connectivity index (χ2v) is 4.59. The first-order valence-electron chi connectivity index (χ1n) is 5.43. The van der Waals surface area contributed by atoms with Gasteiger partial charge in [0, 0.05) is 29.1 Å². The van der Waals surface area contributed by atoms with Crippen LogP contribution in [0.15, 0.2) is 53.3 Å². The average molecular weight is 306 g/mol. The van der Waals surface area contributed by atoms with Gasteiger partial charge in [0.25, 0.3) is 0 Å². The summed E-state index contributed by atoms with van der Waals surface area (Å²) in [5.41, 5.74) is 1.77. The topological polar surface area (TPSA) is 54.0 Å². The summed E-state index contributed by atoms with van der Waals surface area (Å²) in [5.74, 6) is 0. The van der Waals surface area contributed by atoms with Crippen LogP contribution < -0.4 is 10.6 Å².